The van der Waals surface area contributed by atoms with Gasteiger partial charge in [0.1, 0.15) is 0 Å². The first-order chi connectivity index (χ1) is 6.84. The molecule has 1 aromatic rings. The van der Waals surface area contributed by atoms with Crippen molar-refractivity contribution in [2.45, 2.75) is 13.3 Å². The van der Waals surface area contributed by atoms with E-state index >= 15 is 0 Å². The zero-order chi connectivity index (χ0) is 9.54. The van der Waals surface area contributed by atoms with Crippen LogP contribution in [-0.4, -0.2) is 0 Å². The third-order valence-corrected chi connectivity index (χ3v) is 3.26. The van der Waals surface area contributed by atoms with Crippen LogP contribution in [-0.2, 0) is 0 Å². The minimum Gasteiger partial charge on any atom is -0.0802 e. The summed E-state index contributed by atoms with van der Waals surface area (Å²) in [5.41, 5.74) is 4.19. The molecule has 1 fully saturated rings. The highest BCUT2D eigenvalue weighted by atomic mass is 14.4. The van der Waals surface area contributed by atoms with E-state index in [1.165, 1.54) is 23.1 Å². The molecule has 0 N–H and O–H groups in total. The van der Waals surface area contributed by atoms with Gasteiger partial charge < -0.3 is 0 Å². The van der Waals surface area contributed by atoms with Gasteiger partial charge in [0.05, 0.1) is 0 Å². The van der Waals surface area contributed by atoms with Crippen molar-refractivity contribution in [3.8, 4) is 0 Å². The molecule has 2 atom stereocenters. The quantitative estimate of drug-likeness (QED) is 0.622. The molecule has 0 heterocycles. The molecule has 0 radical (unpaired) electrons. The number of allylic oxidation sites excluding steroid dienone is 4. The van der Waals surface area contributed by atoms with E-state index in [2.05, 4.69) is 49.4 Å². The molecular weight excluding hydrogens is 168 g/mol. The molecule has 2 aliphatic rings. The monoisotopic (exact) mass is 182 g/mol. The number of benzene rings is 1. The van der Waals surface area contributed by atoms with Crippen molar-refractivity contribution in [2.24, 2.45) is 11.8 Å². The van der Waals surface area contributed by atoms with Crippen LogP contribution in [0.4, 0.5) is 0 Å². The zero-order valence-corrected chi connectivity index (χ0v) is 8.40. The van der Waals surface area contributed by atoms with Crippen LogP contribution in [0.15, 0.2) is 42.5 Å². The highest BCUT2D eigenvalue weighted by Crippen LogP contribution is 2.46. The first-order valence-corrected chi connectivity index (χ1v) is 5.30. The van der Waals surface area contributed by atoms with Crippen molar-refractivity contribution in [3.63, 3.8) is 0 Å². The van der Waals surface area contributed by atoms with Gasteiger partial charge in [-0.2, -0.15) is 0 Å². The third kappa shape index (κ3) is 1.22. The molecule has 1 saturated carbocycles. The lowest BCUT2D eigenvalue weighted by Gasteiger charge is -2.09. The van der Waals surface area contributed by atoms with E-state index in [4.69, 9.17) is 0 Å². The van der Waals surface area contributed by atoms with E-state index in [1.807, 2.05) is 0 Å². The lowest BCUT2D eigenvalue weighted by molar-refractivity contribution is 0.984. The molecule has 0 aliphatic heterocycles. The van der Waals surface area contributed by atoms with Gasteiger partial charge in [0.2, 0.25) is 0 Å². The number of hydrogen-bond donors (Lipinski definition) is 0. The fourth-order valence-corrected chi connectivity index (χ4v) is 2.24. The Morgan fingerprint density at radius 2 is 2.00 bits per heavy atom. The largest absolute Gasteiger partial charge is 0.0802 e. The van der Waals surface area contributed by atoms with Gasteiger partial charge in [-0.05, 0) is 41.9 Å². The number of rotatable bonds is 1. The topological polar surface area (TPSA) is 0 Å². The fourth-order valence-electron chi connectivity index (χ4n) is 2.24. The SMILES string of the molecule is Cc1ccccc1C1=CC2CC2C=C1. The van der Waals surface area contributed by atoms with Gasteiger partial charge >= 0.3 is 0 Å². The van der Waals surface area contributed by atoms with E-state index in [9.17, 15) is 0 Å². The first kappa shape index (κ1) is 8.05. The Morgan fingerprint density at radius 1 is 1.14 bits per heavy atom. The van der Waals surface area contributed by atoms with Crippen molar-refractivity contribution in [1.82, 2.24) is 0 Å². The lowest BCUT2D eigenvalue weighted by atomic mass is 9.96. The van der Waals surface area contributed by atoms with Crippen LogP contribution < -0.4 is 0 Å². The Hall–Kier alpha value is -1.30. The molecule has 0 amide bonds. The molecule has 0 nitrogen and oxygen atoms in total. The summed E-state index contributed by atoms with van der Waals surface area (Å²) >= 11 is 0. The van der Waals surface area contributed by atoms with Crippen molar-refractivity contribution in [2.75, 3.05) is 0 Å². The van der Waals surface area contributed by atoms with Crippen molar-refractivity contribution in [1.29, 1.82) is 0 Å². The van der Waals surface area contributed by atoms with Gasteiger partial charge in [-0.15, -0.1) is 0 Å². The summed E-state index contributed by atoms with van der Waals surface area (Å²) in [5, 5.41) is 0. The van der Waals surface area contributed by atoms with Gasteiger partial charge in [0.15, 0.2) is 0 Å². The minimum atomic E-state index is 0.842. The molecular formula is C14H14. The highest BCUT2D eigenvalue weighted by molar-refractivity contribution is 5.77. The van der Waals surface area contributed by atoms with E-state index < -0.39 is 0 Å². The summed E-state index contributed by atoms with van der Waals surface area (Å²) in [6.07, 6.45) is 8.46. The van der Waals surface area contributed by atoms with E-state index in [0.29, 0.717) is 0 Å². The van der Waals surface area contributed by atoms with E-state index in [0.717, 1.165) is 11.8 Å². The summed E-state index contributed by atoms with van der Waals surface area (Å²) in [6, 6.07) is 8.62. The van der Waals surface area contributed by atoms with E-state index in [-0.39, 0.29) is 0 Å². The van der Waals surface area contributed by atoms with Crippen LogP contribution in [0.3, 0.4) is 0 Å². The van der Waals surface area contributed by atoms with Crippen LogP contribution in [0.1, 0.15) is 17.5 Å². The molecule has 3 rings (SSSR count). The second kappa shape index (κ2) is 2.84. The van der Waals surface area contributed by atoms with Crippen LogP contribution in [0.25, 0.3) is 5.57 Å². The maximum atomic E-state index is 2.44. The van der Waals surface area contributed by atoms with Gasteiger partial charge in [-0.1, -0.05) is 42.5 Å². The Kier molecular flexibility index (Phi) is 1.63. The van der Waals surface area contributed by atoms with Crippen molar-refractivity contribution >= 4 is 5.57 Å². The van der Waals surface area contributed by atoms with Crippen LogP contribution in [0.5, 0.6) is 0 Å². The Labute approximate surface area is 85.0 Å². The van der Waals surface area contributed by atoms with Gasteiger partial charge in [0.25, 0.3) is 0 Å². The maximum absolute atomic E-state index is 2.44. The average Bonchev–Trinajstić information content (AvgIpc) is 2.96. The first-order valence-electron chi connectivity index (χ1n) is 5.30. The standard InChI is InChI=1S/C14H14/c1-10-4-2-3-5-14(10)12-7-6-11-8-13(11)9-12/h2-7,9,11,13H,8H2,1H3. The van der Waals surface area contributed by atoms with Crippen LogP contribution >= 0.6 is 0 Å². The maximum Gasteiger partial charge on any atom is -0.0155 e. The molecule has 2 unspecified atom stereocenters. The second-order valence-corrected chi connectivity index (χ2v) is 4.36. The van der Waals surface area contributed by atoms with E-state index in [1.54, 1.807) is 0 Å². The number of fused-ring (bicyclic) bond motifs is 1. The Balaban J connectivity index is 2.03. The zero-order valence-electron chi connectivity index (χ0n) is 8.40. The molecule has 14 heavy (non-hydrogen) atoms. The Bertz CT molecular complexity index is 423. The predicted molar refractivity (Wildman–Crippen MR) is 59.9 cm³/mol. The lowest BCUT2D eigenvalue weighted by Crippen LogP contribution is -1.90. The minimum absolute atomic E-state index is 0.842. The van der Waals surface area contributed by atoms with Crippen LogP contribution in [0.2, 0.25) is 0 Å². The molecule has 0 saturated heterocycles. The second-order valence-electron chi connectivity index (χ2n) is 4.36. The van der Waals surface area contributed by atoms with Gasteiger partial charge in [0, 0.05) is 0 Å². The highest BCUT2D eigenvalue weighted by Gasteiger charge is 2.35. The molecule has 0 spiro atoms. The summed E-state index contributed by atoms with van der Waals surface area (Å²) in [4.78, 5) is 0. The Morgan fingerprint density at radius 3 is 2.79 bits per heavy atom. The molecule has 0 heteroatoms. The summed E-state index contributed by atoms with van der Waals surface area (Å²) in [7, 11) is 0. The normalized spacial score (nSPS) is 28.2. The van der Waals surface area contributed by atoms with Gasteiger partial charge in [-0.25, -0.2) is 0 Å². The fraction of sp³-hybridized carbons (Fsp3) is 0.286. The van der Waals surface area contributed by atoms with Crippen molar-refractivity contribution < 1.29 is 0 Å². The molecule has 0 bridgehead atoms. The third-order valence-electron chi connectivity index (χ3n) is 3.26. The average molecular weight is 182 g/mol. The number of aryl methyl sites for hydroxylation is 1. The van der Waals surface area contributed by atoms with Gasteiger partial charge in [-0.3, -0.25) is 0 Å². The molecule has 1 aromatic carbocycles. The van der Waals surface area contributed by atoms with Crippen molar-refractivity contribution in [3.05, 3.63) is 53.6 Å². The summed E-state index contributed by atoms with van der Waals surface area (Å²) in [5.74, 6) is 1.71. The molecule has 2 aliphatic carbocycles. The summed E-state index contributed by atoms with van der Waals surface area (Å²) < 4.78 is 0. The summed E-state index contributed by atoms with van der Waals surface area (Å²) in [6.45, 7) is 2.18. The molecule has 0 aromatic heterocycles. The molecule has 70 valence electrons. The van der Waals surface area contributed by atoms with Crippen LogP contribution in [0, 0.1) is 18.8 Å². The number of hydrogen-bond acceptors (Lipinski definition) is 0. The smallest absolute Gasteiger partial charge is 0.0155 e. The predicted octanol–water partition coefficient (Wildman–Crippen LogP) is 3.58.